The summed E-state index contributed by atoms with van der Waals surface area (Å²) >= 11 is 0. The van der Waals surface area contributed by atoms with Crippen LogP contribution in [0.5, 0.6) is 0 Å². The maximum Gasteiger partial charge on any atom is 0.231 e. The van der Waals surface area contributed by atoms with E-state index in [2.05, 4.69) is 44.3 Å². The van der Waals surface area contributed by atoms with Crippen molar-refractivity contribution in [3.8, 4) is 0 Å². The largest absolute Gasteiger partial charge is 0.325 e. The number of nitrogens with one attached hydrogen (secondary N) is 1. The standard InChI is InChI=1S/C20H25NO/c1-4-15-13-10-14-16(5-2)19(15)21-20(22)18(6-3)17-11-8-7-9-12-17/h7-14,18H,4-6H2,1-3H3,(H,21,22)/t18-/m0/s1. The van der Waals surface area contributed by atoms with E-state index < -0.39 is 0 Å². The van der Waals surface area contributed by atoms with Crippen LogP contribution in [0.15, 0.2) is 48.5 Å². The van der Waals surface area contributed by atoms with Crippen molar-refractivity contribution in [2.24, 2.45) is 0 Å². The van der Waals surface area contributed by atoms with E-state index in [0.29, 0.717) is 0 Å². The molecule has 1 N–H and O–H groups in total. The molecule has 0 aliphatic heterocycles. The Morgan fingerprint density at radius 1 is 0.909 bits per heavy atom. The summed E-state index contributed by atoms with van der Waals surface area (Å²) in [6, 6.07) is 16.3. The van der Waals surface area contributed by atoms with Crippen LogP contribution in [-0.2, 0) is 17.6 Å². The second-order valence-corrected chi connectivity index (χ2v) is 5.52. The highest BCUT2D eigenvalue weighted by Gasteiger charge is 2.20. The molecule has 2 heteroatoms. The Bertz CT molecular complexity index is 597. The Balaban J connectivity index is 2.28. The number of hydrogen-bond acceptors (Lipinski definition) is 1. The molecule has 0 aromatic heterocycles. The highest BCUT2D eigenvalue weighted by Crippen LogP contribution is 2.26. The first-order valence-electron chi connectivity index (χ1n) is 8.17. The van der Waals surface area contributed by atoms with Gasteiger partial charge in [-0.3, -0.25) is 4.79 Å². The van der Waals surface area contributed by atoms with Crippen LogP contribution in [-0.4, -0.2) is 5.91 Å². The smallest absolute Gasteiger partial charge is 0.231 e. The van der Waals surface area contributed by atoms with Gasteiger partial charge in [0.2, 0.25) is 5.91 Å². The fraction of sp³-hybridized carbons (Fsp3) is 0.350. The third kappa shape index (κ3) is 3.56. The average molecular weight is 295 g/mol. The molecule has 22 heavy (non-hydrogen) atoms. The van der Waals surface area contributed by atoms with Crippen molar-refractivity contribution in [2.75, 3.05) is 5.32 Å². The lowest BCUT2D eigenvalue weighted by Gasteiger charge is -2.19. The van der Waals surface area contributed by atoms with Gasteiger partial charge in [0.05, 0.1) is 5.92 Å². The fourth-order valence-electron chi connectivity index (χ4n) is 2.87. The molecular weight excluding hydrogens is 270 g/mol. The zero-order valence-corrected chi connectivity index (χ0v) is 13.7. The average Bonchev–Trinajstić information content (AvgIpc) is 2.56. The molecule has 1 atom stereocenters. The monoisotopic (exact) mass is 295 g/mol. The third-order valence-corrected chi connectivity index (χ3v) is 4.17. The van der Waals surface area contributed by atoms with E-state index in [0.717, 1.165) is 30.5 Å². The molecule has 0 saturated heterocycles. The Labute approximate surface area is 133 Å². The molecule has 0 radical (unpaired) electrons. The van der Waals surface area contributed by atoms with Crippen molar-refractivity contribution in [1.29, 1.82) is 0 Å². The van der Waals surface area contributed by atoms with Gasteiger partial charge >= 0.3 is 0 Å². The molecule has 2 rings (SSSR count). The van der Waals surface area contributed by atoms with Crippen LogP contribution < -0.4 is 5.32 Å². The van der Waals surface area contributed by atoms with E-state index in [1.54, 1.807) is 0 Å². The van der Waals surface area contributed by atoms with Crippen molar-refractivity contribution in [1.82, 2.24) is 0 Å². The number of para-hydroxylation sites is 1. The molecular formula is C20H25NO. The molecule has 0 fully saturated rings. The molecule has 116 valence electrons. The van der Waals surface area contributed by atoms with Crippen LogP contribution in [0.3, 0.4) is 0 Å². The number of carbonyl (C=O) groups excluding carboxylic acids is 1. The lowest BCUT2D eigenvalue weighted by atomic mass is 9.95. The van der Waals surface area contributed by atoms with Crippen LogP contribution in [0.4, 0.5) is 5.69 Å². The molecule has 0 bridgehead atoms. The predicted octanol–water partition coefficient (Wildman–Crippen LogP) is 4.94. The highest BCUT2D eigenvalue weighted by molar-refractivity contribution is 5.97. The summed E-state index contributed by atoms with van der Waals surface area (Å²) in [6.07, 6.45) is 2.64. The Morgan fingerprint density at radius 2 is 1.50 bits per heavy atom. The van der Waals surface area contributed by atoms with Crippen LogP contribution in [0.25, 0.3) is 0 Å². The van der Waals surface area contributed by atoms with Crippen LogP contribution in [0.1, 0.15) is 49.8 Å². The Morgan fingerprint density at radius 3 is 2.00 bits per heavy atom. The molecule has 0 saturated carbocycles. The van der Waals surface area contributed by atoms with Gasteiger partial charge in [0.15, 0.2) is 0 Å². The number of rotatable bonds is 6. The lowest BCUT2D eigenvalue weighted by Crippen LogP contribution is -2.22. The summed E-state index contributed by atoms with van der Waals surface area (Å²) in [7, 11) is 0. The SMILES string of the molecule is CCc1cccc(CC)c1NC(=O)[C@@H](CC)c1ccccc1. The second kappa shape index (κ2) is 7.79. The molecule has 2 aromatic carbocycles. The van der Waals surface area contributed by atoms with E-state index in [1.807, 2.05) is 30.3 Å². The van der Waals surface area contributed by atoms with Gasteiger partial charge in [0.25, 0.3) is 0 Å². The number of hydrogen-bond donors (Lipinski definition) is 1. The fourth-order valence-corrected chi connectivity index (χ4v) is 2.87. The van der Waals surface area contributed by atoms with Crippen molar-refractivity contribution in [3.05, 3.63) is 65.2 Å². The Kier molecular flexibility index (Phi) is 5.76. The minimum absolute atomic E-state index is 0.0873. The first kappa shape index (κ1) is 16.3. The normalized spacial score (nSPS) is 12.0. The minimum atomic E-state index is -0.101. The van der Waals surface area contributed by atoms with Gasteiger partial charge < -0.3 is 5.32 Å². The molecule has 0 aliphatic rings. The minimum Gasteiger partial charge on any atom is -0.325 e. The third-order valence-electron chi connectivity index (χ3n) is 4.17. The predicted molar refractivity (Wildman–Crippen MR) is 93.3 cm³/mol. The Hall–Kier alpha value is -2.09. The van der Waals surface area contributed by atoms with Crippen LogP contribution in [0.2, 0.25) is 0 Å². The van der Waals surface area contributed by atoms with Crippen molar-refractivity contribution >= 4 is 11.6 Å². The molecule has 2 nitrogen and oxygen atoms in total. The number of benzene rings is 2. The number of carbonyl (C=O) groups is 1. The van der Waals surface area contributed by atoms with Gasteiger partial charge in [-0.25, -0.2) is 0 Å². The number of amides is 1. The van der Waals surface area contributed by atoms with E-state index in [1.165, 1.54) is 11.1 Å². The van der Waals surface area contributed by atoms with Crippen LogP contribution >= 0.6 is 0 Å². The molecule has 0 spiro atoms. The van der Waals surface area contributed by atoms with E-state index >= 15 is 0 Å². The van der Waals surface area contributed by atoms with E-state index in [4.69, 9.17) is 0 Å². The van der Waals surface area contributed by atoms with Crippen molar-refractivity contribution in [3.63, 3.8) is 0 Å². The lowest BCUT2D eigenvalue weighted by molar-refractivity contribution is -0.117. The van der Waals surface area contributed by atoms with Gasteiger partial charge in [0.1, 0.15) is 0 Å². The summed E-state index contributed by atoms with van der Waals surface area (Å²) < 4.78 is 0. The summed E-state index contributed by atoms with van der Waals surface area (Å²) in [6.45, 7) is 6.31. The van der Waals surface area contributed by atoms with Crippen molar-refractivity contribution in [2.45, 2.75) is 46.0 Å². The maximum atomic E-state index is 12.8. The summed E-state index contributed by atoms with van der Waals surface area (Å²) in [5.41, 5.74) is 4.49. The molecule has 2 aromatic rings. The number of anilines is 1. The highest BCUT2D eigenvalue weighted by atomic mass is 16.1. The van der Waals surface area contributed by atoms with Gasteiger partial charge in [-0.15, -0.1) is 0 Å². The van der Waals surface area contributed by atoms with E-state index in [-0.39, 0.29) is 11.8 Å². The van der Waals surface area contributed by atoms with E-state index in [9.17, 15) is 4.79 Å². The number of aryl methyl sites for hydroxylation is 2. The topological polar surface area (TPSA) is 29.1 Å². The second-order valence-electron chi connectivity index (χ2n) is 5.52. The first-order valence-corrected chi connectivity index (χ1v) is 8.17. The zero-order chi connectivity index (χ0) is 15.9. The summed E-state index contributed by atoms with van der Waals surface area (Å²) in [4.78, 5) is 12.8. The first-order chi connectivity index (χ1) is 10.7. The summed E-state index contributed by atoms with van der Waals surface area (Å²) in [5, 5.41) is 3.19. The summed E-state index contributed by atoms with van der Waals surface area (Å²) in [5.74, 6) is -0.0138. The zero-order valence-electron chi connectivity index (χ0n) is 13.7. The van der Waals surface area contributed by atoms with Crippen molar-refractivity contribution < 1.29 is 4.79 Å². The molecule has 0 aliphatic carbocycles. The quantitative estimate of drug-likeness (QED) is 0.803. The molecule has 0 heterocycles. The maximum absolute atomic E-state index is 12.8. The molecule has 0 unspecified atom stereocenters. The van der Waals surface area contributed by atoms with Gasteiger partial charge in [-0.05, 0) is 36.0 Å². The van der Waals surface area contributed by atoms with Crippen LogP contribution in [0, 0.1) is 0 Å². The van der Waals surface area contributed by atoms with Gasteiger partial charge in [0, 0.05) is 5.69 Å². The van der Waals surface area contributed by atoms with Gasteiger partial charge in [-0.2, -0.15) is 0 Å². The molecule has 1 amide bonds. The van der Waals surface area contributed by atoms with Gasteiger partial charge in [-0.1, -0.05) is 69.3 Å².